The second-order valence-corrected chi connectivity index (χ2v) is 4.72. The second kappa shape index (κ2) is 5.10. The maximum absolute atomic E-state index is 7.48. The molecule has 0 saturated heterocycles. The van der Waals surface area contributed by atoms with E-state index >= 15 is 0 Å². The fraction of sp³-hybridized carbons (Fsp3) is 0.200. The summed E-state index contributed by atoms with van der Waals surface area (Å²) in [6.07, 6.45) is 1.67. The molecule has 3 N–H and O–H groups in total. The van der Waals surface area contributed by atoms with Crippen LogP contribution >= 0.6 is 0 Å². The van der Waals surface area contributed by atoms with Crippen LogP contribution in [0.4, 0.5) is 11.5 Å². The highest BCUT2D eigenvalue weighted by atomic mass is 15.2. The number of rotatable bonds is 3. The maximum atomic E-state index is 7.48. The van der Waals surface area contributed by atoms with Crippen LogP contribution in [0.1, 0.15) is 16.7 Å². The summed E-state index contributed by atoms with van der Waals surface area (Å²) >= 11 is 0. The number of aromatic nitrogens is 1. The van der Waals surface area contributed by atoms with Crippen LogP contribution in [0.15, 0.2) is 36.5 Å². The van der Waals surface area contributed by atoms with Crippen LogP contribution in [-0.4, -0.2) is 17.9 Å². The Hall–Kier alpha value is -2.36. The van der Waals surface area contributed by atoms with Gasteiger partial charge in [-0.2, -0.15) is 0 Å². The molecule has 0 atom stereocenters. The zero-order valence-corrected chi connectivity index (χ0v) is 11.4. The molecule has 0 fully saturated rings. The van der Waals surface area contributed by atoms with Crippen LogP contribution in [0.2, 0.25) is 0 Å². The van der Waals surface area contributed by atoms with Crippen molar-refractivity contribution in [3.05, 3.63) is 53.2 Å². The average molecular weight is 254 g/mol. The Morgan fingerprint density at radius 1 is 1.16 bits per heavy atom. The standard InChI is InChI=1S/C15H18N4/c1-10-6-11(2)8-13(7-10)19(3)14-9-12(15(16)17)4-5-18-14/h4-9H,1-3H3,(H3,16,17). The summed E-state index contributed by atoms with van der Waals surface area (Å²) in [5.41, 5.74) is 9.69. The lowest BCUT2D eigenvalue weighted by atomic mass is 10.1. The number of hydrogen-bond donors (Lipinski definition) is 2. The predicted molar refractivity (Wildman–Crippen MR) is 79.2 cm³/mol. The van der Waals surface area contributed by atoms with Gasteiger partial charge in [0.15, 0.2) is 0 Å². The van der Waals surface area contributed by atoms with Gasteiger partial charge >= 0.3 is 0 Å². The number of nitrogen functional groups attached to an aromatic ring is 1. The lowest BCUT2D eigenvalue weighted by Gasteiger charge is -2.20. The molecule has 0 amide bonds. The van der Waals surface area contributed by atoms with Gasteiger partial charge in [0.1, 0.15) is 11.7 Å². The van der Waals surface area contributed by atoms with Gasteiger partial charge in [-0.05, 0) is 49.2 Å². The molecule has 1 aromatic carbocycles. The van der Waals surface area contributed by atoms with E-state index in [1.807, 2.05) is 18.0 Å². The summed E-state index contributed by atoms with van der Waals surface area (Å²) in [6.45, 7) is 4.15. The highest BCUT2D eigenvalue weighted by molar-refractivity contribution is 5.95. The van der Waals surface area contributed by atoms with E-state index in [1.165, 1.54) is 11.1 Å². The number of hydrogen-bond acceptors (Lipinski definition) is 3. The molecule has 4 nitrogen and oxygen atoms in total. The Morgan fingerprint density at radius 2 is 1.79 bits per heavy atom. The number of nitrogens with zero attached hydrogens (tertiary/aromatic N) is 2. The predicted octanol–water partition coefficient (Wildman–Crippen LogP) is 2.75. The van der Waals surface area contributed by atoms with Crippen molar-refractivity contribution in [2.75, 3.05) is 11.9 Å². The van der Waals surface area contributed by atoms with Gasteiger partial charge in [0.2, 0.25) is 0 Å². The molecule has 0 aliphatic rings. The molecule has 98 valence electrons. The van der Waals surface area contributed by atoms with Crippen LogP contribution < -0.4 is 10.6 Å². The SMILES string of the molecule is Cc1cc(C)cc(N(C)c2cc(C(=N)N)ccn2)c1. The molecule has 0 aliphatic carbocycles. The number of anilines is 2. The molecule has 0 unspecified atom stereocenters. The first kappa shape index (κ1) is 13.1. The van der Waals surface area contributed by atoms with Crippen LogP contribution in [0.25, 0.3) is 0 Å². The number of nitrogens with one attached hydrogen (secondary N) is 1. The van der Waals surface area contributed by atoms with Gasteiger partial charge < -0.3 is 10.6 Å². The summed E-state index contributed by atoms with van der Waals surface area (Å²) in [4.78, 5) is 6.32. The Morgan fingerprint density at radius 3 is 2.37 bits per heavy atom. The molecule has 0 bridgehead atoms. The van der Waals surface area contributed by atoms with Gasteiger partial charge in [0, 0.05) is 24.5 Å². The van der Waals surface area contributed by atoms with Crippen molar-refractivity contribution in [1.82, 2.24) is 4.98 Å². The Kier molecular flexibility index (Phi) is 3.51. The van der Waals surface area contributed by atoms with Crippen molar-refractivity contribution >= 4 is 17.3 Å². The number of amidine groups is 1. The Bertz CT molecular complexity index is 599. The molecule has 19 heavy (non-hydrogen) atoms. The molecule has 2 aromatic rings. The summed E-state index contributed by atoms with van der Waals surface area (Å²) in [7, 11) is 1.96. The minimum Gasteiger partial charge on any atom is -0.384 e. The number of pyridine rings is 1. The Balaban J connectivity index is 2.40. The highest BCUT2D eigenvalue weighted by Crippen LogP contribution is 2.24. The molecule has 1 aromatic heterocycles. The molecule has 4 heteroatoms. The lowest BCUT2D eigenvalue weighted by molar-refractivity contribution is 1.12. The summed E-state index contributed by atoms with van der Waals surface area (Å²) in [6, 6.07) is 9.90. The highest BCUT2D eigenvalue weighted by Gasteiger charge is 2.08. The first-order chi connectivity index (χ1) is 8.97. The molecule has 0 radical (unpaired) electrons. The third kappa shape index (κ3) is 2.91. The zero-order valence-electron chi connectivity index (χ0n) is 11.4. The van der Waals surface area contributed by atoms with Crippen molar-refractivity contribution in [2.24, 2.45) is 5.73 Å². The van der Waals surface area contributed by atoms with Crippen molar-refractivity contribution < 1.29 is 0 Å². The number of nitrogens with two attached hydrogens (primary N) is 1. The monoisotopic (exact) mass is 254 g/mol. The zero-order chi connectivity index (χ0) is 14.0. The second-order valence-electron chi connectivity index (χ2n) is 4.72. The summed E-state index contributed by atoms with van der Waals surface area (Å²) in [5, 5.41) is 7.48. The number of benzene rings is 1. The van der Waals surface area contributed by atoms with E-state index in [-0.39, 0.29) is 5.84 Å². The largest absolute Gasteiger partial charge is 0.384 e. The smallest absolute Gasteiger partial charge is 0.133 e. The van der Waals surface area contributed by atoms with Crippen LogP contribution in [0.3, 0.4) is 0 Å². The number of aryl methyl sites for hydroxylation is 2. The van der Waals surface area contributed by atoms with E-state index in [4.69, 9.17) is 11.1 Å². The van der Waals surface area contributed by atoms with E-state index in [2.05, 4.69) is 37.0 Å². The van der Waals surface area contributed by atoms with E-state index in [0.717, 1.165) is 11.5 Å². The molecule has 0 spiro atoms. The fourth-order valence-electron chi connectivity index (χ4n) is 2.05. The van der Waals surface area contributed by atoms with Gasteiger partial charge in [-0.15, -0.1) is 0 Å². The third-order valence-electron chi connectivity index (χ3n) is 2.99. The van der Waals surface area contributed by atoms with Gasteiger partial charge in [0.25, 0.3) is 0 Å². The van der Waals surface area contributed by atoms with Gasteiger partial charge in [0.05, 0.1) is 0 Å². The van der Waals surface area contributed by atoms with Gasteiger partial charge in [-0.25, -0.2) is 4.98 Å². The topological polar surface area (TPSA) is 66.0 Å². The summed E-state index contributed by atoms with van der Waals surface area (Å²) in [5.74, 6) is 0.829. The maximum Gasteiger partial charge on any atom is 0.133 e. The van der Waals surface area contributed by atoms with Crippen LogP contribution in [0, 0.1) is 19.3 Å². The van der Waals surface area contributed by atoms with E-state index in [1.54, 1.807) is 12.3 Å². The average Bonchev–Trinajstić information content (AvgIpc) is 2.37. The van der Waals surface area contributed by atoms with Crippen LogP contribution in [0.5, 0.6) is 0 Å². The van der Waals surface area contributed by atoms with Crippen molar-refractivity contribution in [3.8, 4) is 0 Å². The van der Waals surface area contributed by atoms with Crippen molar-refractivity contribution in [1.29, 1.82) is 5.41 Å². The van der Waals surface area contributed by atoms with Crippen LogP contribution in [-0.2, 0) is 0 Å². The van der Waals surface area contributed by atoms with Crippen molar-refractivity contribution in [2.45, 2.75) is 13.8 Å². The molecule has 2 rings (SSSR count). The first-order valence-corrected chi connectivity index (χ1v) is 6.10. The van der Waals surface area contributed by atoms with Crippen molar-refractivity contribution in [3.63, 3.8) is 0 Å². The lowest BCUT2D eigenvalue weighted by Crippen LogP contribution is -2.15. The van der Waals surface area contributed by atoms with E-state index in [9.17, 15) is 0 Å². The summed E-state index contributed by atoms with van der Waals surface area (Å²) < 4.78 is 0. The Labute approximate surface area is 113 Å². The first-order valence-electron chi connectivity index (χ1n) is 6.10. The van der Waals surface area contributed by atoms with E-state index < -0.39 is 0 Å². The fourth-order valence-corrected chi connectivity index (χ4v) is 2.05. The molecule has 0 aliphatic heterocycles. The van der Waals surface area contributed by atoms with Gasteiger partial charge in [-0.3, -0.25) is 5.41 Å². The molecule has 0 saturated carbocycles. The minimum atomic E-state index is 0.0532. The quantitative estimate of drug-likeness (QED) is 0.654. The van der Waals surface area contributed by atoms with Gasteiger partial charge in [-0.1, -0.05) is 6.07 Å². The third-order valence-corrected chi connectivity index (χ3v) is 2.99. The molecular weight excluding hydrogens is 236 g/mol. The van der Waals surface area contributed by atoms with E-state index in [0.29, 0.717) is 5.56 Å². The minimum absolute atomic E-state index is 0.0532. The normalized spacial score (nSPS) is 10.3. The molecule has 1 heterocycles. The molecular formula is C15H18N4.